The molecular formula is C12H12F3N3. The molecule has 0 amide bonds. The van der Waals surface area contributed by atoms with Crippen molar-refractivity contribution in [1.82, 2.24) is 10.6 Å². The molecule has 1 aromatic rings. The second-order valence-corrected chi connectivity index (χ2v) is 4.53. The third-order valence-electron chi connectivity index (χ3n) is 3.26. The Balaban J connectivity index is 1.89. The molecule has 0 spiro atoms. The van der Waals surface area contributed by atoms with Gasteiger partial charge in [0.15, 0.2) is 0 Å². The quantitative estimate of drug-likeness (QED) is 0.795. The number of amidine groups is 1. The fourth-order valence-electron chi connectivity index (χ4n) is 2.33. The van der Waals surface area contributed by atoms with E-state index >= 15 is 0 Å². The van der Waals surface area contributed by atoms with Crippen molar-refractivity contribution in [3.8, 4) is 0 Å². The molecule has 6 heteroatoms. The molecule has 1 saturated heterocycles. The van der Waals surface area contributed by atoms with Crippen LogP contribution in [0.3, 0.4) is 0 Å². The summed E-state index contributed by atoms with van der Waals surface area (Å²) in [7, 11) is 0. The van der Waals surface area contributed by atoms with Crippen molar-refractivity contribution in [2.75, 3.05) is 13.1 Å². The van der Waals surface area contributed by atoms with Crippen LogP contribution in [0.1, 0.15) is 11.1 Å². The van der Waals surface area contributed by atoms with Crippen molar-refractivity contribution >= 4 is 5.84 Å². The summed E-state index contributed by atoms with van der Waals surface area (Å²) in [4.78, 5) is 4.42. The minimum Gasteiger partial charge on any atom is -0.364 e. The van der Waals surface area contributed by atoms with Crippen molar-refractivity contribution in [1.29, 1.82) is 0 Å². The normalized spacial score (nSPS) is 26.7. The fourth-order valence-corrected chi connectivity index (χ4v) is 2.33. The Bertz CT molecular complexity index is 496. The highest BCUT2D eigenvalue weighted by Gasteiger charge is 2.34. The molecule has 2 unspecified atom stereocenters. The van der Waals surface area contributed by atoms with Crippen molar-refractivity contribution in [3.63, 3.8) is 0 Å². The largest absolute Gasteiger partial charge is 0.416 e. The molecule has 3 nitrogen and oxygen atoms in total. The first-order valence-corrected chi connectivity index (χ1v) is 5.77. The van der Waals surface area contributed by atoms with E-state index < -0.39 is 11.7 Å². The molecule has 2 atom stereocenters. The van der Waals surface area contributed by atoms with Crippen LogP contribution in [0.15, 0.2) is 29.3 Å². The summed E-state index contributed by atoms with van der Waals surface area (Å²) < 4.78 is 37.8. The van der Waals surface area contributed by atoms with Crippen LogP contribution in [-0.4, -0.2) is 31.0 Å². The molecule has 18 heavy (non-hydrogen) atoms. The van der Waals surface area contributed by atoms with E-state index in [2.05, 4.69) is 15.6 Å². The summed E-state index contributed by atoms with van der Waals surface area (Å²) in [6, 6.07) is 5.61. The van der Waals surface area contributed by atoms with Crippen molar-refractivity contribution in [2.24, 2.45) is 4.99 Å². The zero-order chi connectivity index (χ0) is 12.8. The van der Waals surface area contributed by atoms with E-state index in [-0.39, 0.29) is 12.1 Å². The van der Waals surface area contributed by atoms with Crippen molar-refractivity contribution in [3.05, 3.63) is 35.4 Å². The predicted octanol–water partition coefficient (Wildman–Crippen LogP) is 1.40. The van der Waals surface area contributed by atoms with E-state index in [0.29, 0.717) is 11.4 Å². The van der Waals surface area contributed by atoms with Gasteiger partial charge in [0.05, 0.1) is 17.6 Å². The molecule has 2 N–H and O–H groups in total. The van der Waals surface area contributed by atoms with Gasteiger partial charge >= 0.3 is 6.18 Å². The molecule has 1 aromatic carbocycles. The van der Waals surface area contributed by atoms with E-state index in [4.69, 9.17) is 0 Å². The average Bonchev–Trinajstić information content (AvgIpc) is 2.88. The fraction of sp³-hybridized carbons (Fsp3) is 0.417. The van der Waals surface area contributed by atoms with Gasteiger partial charge in [-0.3, -0.25) is 4.99 Å². The summed E-state index contributed by atoms with van der Waals surface area (Å²) in [5.41, 5.74) is -0.140. The molecule has 0 saturated carbocycles. The van der Waals surface area contributed by atoms with Crippen LogP contribution in [0.4, 0.5) is 13.2 Å². The molecule has 0 bridgehead atoms. The zero-order valence-electron chi connectivity index (χ0n) is 9.46. The standard InChI is InChI=1S/C12H12F3N3/c13-12(14,15)8-3-1-2-7(4-8)11-17-9-5-16-6-10(9)18-11/h1-4,9-10,16H,5-6H2,(H,17,18). The number of fused-ring (bicyclic) bond motifs is 1. The Kier molecular flexibility index (Phi) is 2.55. The van der Waals surface area contributed by atoms with Gasteiger partial charge in [-0.25, -0.2) is 0 Å². The van der Waals surface area contributed by atoms with Crippen LogP contribution < -0.4 is 10.6 Å². The lowest BCUT2D eigenvalue weighted by Crippen LogP contribution is -2.35. The third-order valence-corrected chi connectivity index (χ3v) is 3.26. The number of nitrogens with zero attached hydrogens (tertiary/aromatic N) is 1. The highest BCUT2D eigenvalue weighted by Crippen LogP contribution is 2.30. The lowest BCUT2D eigenvalue weighted by Gasteiger charge is -2.11. The Morgan fingerprint density at radius 1 is 1.22 bits per heavy atom. The van der Waals surface area contributed by atoms with Crippen LogP contribution in [0.25, 0.3) is 0 Å². The molecule has 0 radical (unpaired) electrons. The van der Waals surface area contributed by atoms with Gasteiger partial charge in [0.25, 0.3) is 0 Å². The van der Waals surface area contributed by atoms with E-state index in [1.807, 2.05) is 0 Å². The van der Waals surface area contributed by atoms with Crippen LogP contribution in [0, 0.1) is 0 Å². The van der Waals surface area contributed by atoms with Gasteiger partial charge in [0.2, 0.25) is 0 Å². The van der Waals surface area contributed by atoms with Gasteiger partial charge in [0, 0.05) is 18.7 Å². The Labute approximate surface area is 102 Å². The minimum atomic E-state index is -4.31. The second kappa shape index (κ2) is 3.98. The number of nitrogens with one attached hydrogen (secondary N) is 2. The number of rotatable bonds is 1. The van der Waals surface area contributed by atoms with Crippen molar-refractivity contribution in [2.45, 2.75) is 18.3 Å². The van der Waals surface area contributed by atoms with Gasteiger partial charge in [-0.15, -0.1) is 0 Å². The lowest BCUT2D eigenvalue weighted by atomic mass is 10.1. The summed E-state index contributed by atoms with van der Waals surface area (Å²) >= 11 is 0. The monoisotopic (exact) mass is 255 g/mol. The maximum atomic E-state index is 12.6. The van der Waals surface area contributed by atoms with E-state index in [0.717, 1.165) is 25.2 Å². The second-order valence-electron chi connectivity index (χ2n) is 4.53. The summed E-state index contributed by atoms with van der Waals surface area (Å²) in [5, 5.41) is 6.35. The van der Waals surface area contributed by atoms with Crippen LogP contribution >= 0.6 is 0 Å². The number of halogens is 3. The number of benzene rings is 1. The highest BCUT2D eigenvalue weighted by atomic mass is 19.4. The van der Waals surface area contributed by atoms with Crippen molar-refractivity contribution < 1.29 is 13.2 Å². The van der Waals surface area contributed by atoms with E-state index in [9.17, 15) is 13.2 Å². The number of hydrogen-bond donors (Lipinski definition) is 2. The lowest BCUT2D eigenvalue weighted by molar-refractivity contribution is -0.137. The average molecular weight is 255 g/mol. The molecule has 96 valence electrons. The maximum Gasteiger partial charge on any atom is 0.416 e. The molecule has 1 fully saturated rings. The molecular weight excluding hydrogens is 243 g/mol. The van der Waals surface area contributed by atoms with Crippen LogP contribution in [-0.2, 0) is 6.18 Å². The number of aliphatic imine (C=N–C) groups is 1. The summed E-state index contributed by atoms with van der Waals surface area (Å²) in [6.45, 7) is 1.58. The molecule has 2 heterocycles. The molecule has 0 aliphatic carbocycles. The maximum absolute atomic E-state index is 12.6. The van der Waals surface area contributed by atoms with Crippen LogP contribution in [0.5, 0.6) is 0 Å². The zero-order valence-corrected chi connectivity index (χ0v) is 9.46. The van der Waals surface area contributed by atoms with Gasteiger partial charge in [-0.1, -0.05) is 12.1 Å². The topological polar surface area (TPSA) is 36.4 Å². The van der Waals surface area contributed by atoms with Crippen LogP contribution in [0.2, 0.25) is 0 Å². The first-order valence-electron chi connectivity index (χ1n) is 5.77. The molecule has 0 aromatic heterocycles. The van der Waals surface area contributed by atoms with E-state index in [1.165, 1.54) is 6.07 Å². The van der Waals surface area contributed by atoms with Gasteiger partial charge in [0.1, 0.15) is 5.84 Å². The molecule has 3 rings (SSSR count). The van der Waals surface area contributed by atoms with Gasteiger partial charge in [-0.05, 0) is 12.1 Å². The first kappa shape index (κ1) is 11.5. The molecule has 2 aliphatic heterocycles. The Hall–Kier alpha value is -1.56. The summed E-state index contributed by atoms with van der Waals surface area (Å²) in [6.07, 6.45) is -4.31. The third kappa shape index (κ3) is 1.96. The van der Waals surface area contributed by atoms with Gasteiger partial charge < -0.3 is 10.6 Å². The Morgan fingerprint density at radius 2 is 2.06 bits per heavy atom. The minimum absolute atomic E-state index is 0.134. The summed E-state index contributed by atoms with van der Waals surface area (Å²) in [5.74, 6) is 0.567. The number of hydrogen-bond acceptors (Lipinski definition) is 3. The van der Waals surface area contributed by atoms with E-state index in [1.54, 1.807) is 6.07 Å². The highest BCUT2D eigenvalue weighted by molar-refractivity contribution is 6.00. The number of alkyl halides is 3. The Morgan fingerprint density at radius 3 is 2.78 bits per heavy atom. The first-order chi connectivity index (χ1) is 8.54. The molecule has 2 aliphatic rings. The predicted molar refractivity (Wildman–Crippen MR) is 61.6 cm³/mol. The SMILES string of the molecule is FC(F)(F)c1cccc(C2=NC3CNCC3N2)c1. The smallest absolute Gasteiger partial charge is 0.364 e. The van der Waals surface area contributed by atoms with Gasteiger partial charge in [-0.2, -0.15) is 13.2 Å².